The van der Waals surface area contributed by atoms with Crippen LogP contribution in [-0.4, -0.2) is 42.9 Å². The van der Waals surface area contributed by atoms with Crippen molar-refractivity contribution in [1.29, 1.82) is 0 Å². The number of piperazine rings is 1. The summed E-state index contributed by atoms with van der Waals surface area (Å²) < 4.78 is 26.8. The SMILES string of the molecule is CCC(C(=O)c1cc(F)ccc1F)N1CCNCC1. The molecule has 1 atom stereocenters. The van der Waals surface area contributed by atoms with E-state index in [0.29, 0.717) is 6.42 Å². The number of ketones is 1. The molecule has 1 aromatic carbocycles. The highest BCUT2D eigenvalue weighted by atomic mass is 19.1. The van der Waals surface area contributed by atoms with E-state index in [1.165, 1.54) is 0 Å². The molecule has 0 radical (unpaired) electrons. The number of rotatable bonds is 4. The van der Waals surface area contributed by atoms with Crippen LogP contribution in [0.4, 0.5) is 8.78 Å². The molecule has 0 bridgehead atoms. The fraction of sp³-hybridized carbons (Fsp3) is 0.500. The Hall–Kier alpha value is -1.33. The number of halogens is 2. The first kappa shape index (κ1) is 14.1. The Kier molecular flexibility index (Phi) is 4.61. The summed E-state index contributed by atoms with van der Waals surface area (Å²) in [7, 11) is 0. The summed E-state index contributed by atoms with van der Waals surface area (Å²) in [4.78, 5) is 14.4. The Labute approximate surface area is 111 Å². The molecule has 0 saturated carbocycles. The molecule has 0 aromatic heterocycles. The molecular weight excluding hydrogens is 250 g/mol. The maximum Gasteiger partial charge on any atom is 0.182 e. The quantitative estimate of drug-likeness (QED) is 0.846. The van der Waals surface area contributed by atoms with Crippen molar-refractivity contribution in [1.82, 2.24) is 10.2 Å². The third kappa shape index (κ3) is 3.16. The average Bonchev–Trinajstić information content (AvgIpc) is 2.43. The number of benzene rings is 1. The molecule has 1 N–H and O–H groups in total. The molecule has 1 aromatic rings. The molecule has 19 heavy (non-hydrogen) atoms. The van der Waals surface area contributed by atoms with Crippen molar-refractivity contribution in [2.24, 2.45) is 0 Å². The zero-order valence-corrected chi connectivity index (χ0v) is 11.0. The van der Waals surface area contributed by atoms with Crippen LogP contribution in [0, 0.1) is 11.6 Å². The first-order chi connectivity index (χ1) is 9.13. The van der Waals surface area contributed by atoms with Crippen molar-refractivity contribution < 1.29 is 13.6 Å². The molecule has 1 aliphatic heterocycles. The molecular formula is C14H18F2N2O. The third-order valence-corrected chi connectivity index (χ3v) is 3.48. The largest absolute Gasteiger partial charge is 0.314 e. The molecule has 2 rings (SSSR count). The molecule has 1 aliphatic rings. The molecule has 1 heterocycles. The zero-order valence-electron chi connectivity index (χ0n) is 11.0. The minimum absolute atomic E-state index is 0.148. The van der Waals surface area contributed by atoms with Crippen LogP contribution in [0.3, 0.4) is 0 Å². The van der Waals surface area contributed by atoms with Gasteiger partial charge in [-0.15, -0.1) is 0 Å². The van der Waals surface area contributed by atoms with E-state index < -0.39 is 11.6 Å². The van der Waals surface area contributed by atoms with E-state index in [4.69, 9.17) is 0 Å². The van der Waals surface area contributed by atoms with E-state index in [1.807, 2.05) is 11.8 Å². The summed E-state index contributed by atoms with van der Waals surface area (Å²) in [5.74, 6) is -1.57. The van der Waals surface area contributed by atoms with Gasteiger partial charge in [0.15, 0.2) is 5.78 Å². The highest BCUT2D eigenvalue weighted by molar-refractivity contribution is 6.00. The summed E-state index contributed by atoms with van der Waals surface area (Å²) >= 11 is 0. The van der Waals surface area contributed by atoms with Crippen molar-refractivity contribution in [3.05, 3.63) is 35.4 Å². The van der Waals surface area contributed by atoms with Crippen LogP contribution >= 0.6 is 0 Å². The maximum atomic E-state index is 13.7. The van der Waals surface area contributed by atoms with Crippen LogP contribution in [0.1, 0.15) is 23.7 Å². The highest BCUT2D eigenvalue weighted by Gasteiger charge is 2.28. The van der Waals surface area contributed by atoms with E-state index >= 15 is 0 Å². The van der Waals surface area contributed by atoms with Gasteiger partial charge in [0.25, 0.3) is 0 Å². The molecule has 104 valence electrons. The van der Waals surface area contributed by atoms with Crippen LogP contribution in [-0.2, 0) is 0 Å². The Bertz CT molecular complexity index is 459. The fourth-order valence-electron chi connectivity index (χ4n) is 2.47. The maximum absolute atomic E-state index is 13.7. The van der Waals surface area contributed by atoms with Crippen molar-refractivity contribution in [2.45, 2.75) is 19.4 Å². The first-order valence-electron chi connectivity index (χ1n) is 6.57. The van der Waals surface area contributed by atoms with Gasteiger partial charge >= 0.3 is 0 Å². The summed E-state index contributed by atoms with van der Waals surface area (Å²) in [5.41, 5.74) is -0.148. The third-order valence-electron chi connectivity index (χ3n) is 3.48. The van der Waals surface area contributed by atoms with Crippen LogP contribution in [0.15, 0.2) is 18.2 Å². The number of hydrogen-bond acceptors (Lipinski definition) is 3. The topological polar surface area (TPSA) is 32.3 Å². The molecule has 5 heteroatoms. The lowest BCUT2D eigenvalue weighted by Crippen LogP contribution is -2.51. The monoisotopic (exact) mass is 268 g/mol. The van der Waals surface area contributed by atoms with Crippen LogP contribution in [0.2, 0.25) is 0 Å². The smallest absolute Gasteiger partial charge is 0.182 e. The molecule has 3 nitrogen and oxygen atoms in total. The predicted molar refractivity (Wildman–Crippen MR) is 69.2 cm³/mol. The number of nitrogens with one attached hydrogen (secondary N) is 1. The van der Waals surface area contributed by atoms with Crippen LogP contribution in [0.25, 0.3) is 0 Å². The van der Waals surface area contributed by atoms with Crippen LogP contribution < -0.4 is 5.32 Å². The number of carbonyl (C=O) groups excluding carboxylic acids is 1. The van der Waals surface area contributed by atoms with Gasteiger partial charge in [0.2, 0.25) is 0 Å². The average molecular weight is 268 g/mol. The summed E-state index contributed by atoms with van der Waals surface area (Å²) in [6, 6.07) is 2.64. The van der Waals surface area contributed by atoms with E-state index in [2.05, 4.69) is 5.32 Å². The van der Waals surface area contributed by atoms with Gasteiger partial charge in [-0.3, -0.25) is 9.69 Å². The second kappa shape index (κ2) is 6.21. The van der Waals surface area contributed by atoms with Crippen molar-refractivity contribution in [3.63, 3.8) is 0 Å². The van der Waals surface area contributed by atoms with Gasteiger partial charge in [-0.2, -0.15) is 0 Å². The van der Waals surface area contributed by atoms with E-state index in [1.54, 1.807) is 0 Å². The lowest BCUT2D eigenvalue weighted by Gasteiger charge is -2.33. The zero-order chi connectivity index (χ0) is 13.8. The molecule has 1 unspecified atom stereocenters. The van der Waals surface area contributed by atoms with E-state index in [9.17, 15) is 13.6 Å². The summed E-state index contributed by atoms with van der Waals surface area (Å²) in [5, 5.41) is 3.21. The molecule has 0 amide bonds. The molecule has 1 saturated heterocycles. The highest BCUT2D eigenvalue weighted by Crippen LogP contribution is 2.17. The Morgan fingerprint density at radius 2 is 2.05 bits per heavy atom. The minimum atomic E-state index is -0.653. The van der Waals surface area contributed by atoms with Gasteiger partial charge in [-0.25, -0.2) is 8.78 Å². The number of Topliss-reactive ketones (excluding diaryl/α,β-unsaturated/α-hetero) is 1. The number of hydrogen-bond donors (Lipinski definition) is 1. The first-order valence-corrected chi connectivity index (χ1v) is 6.57. The van der Waals surface area contributed by atoms with Gasteiger partial charge in [-0.05, 0) is 24.6 Å². The number of carbonyl (C=O) groups is 1. The lowest BCUT2D eigenvalue weighted by atomic mass is 9.99. The van der Waals surface area contributed by atoms with Gasteiger partial charge in [0.1, 0.15) is 11.6 Å². The van der Waals surface area contributed by atoms with Crippen molar-refractivity contribution >= 4 is 5.78 Å². The lowest BCUT2D eigenvalue weighted by molar-refractivity contribution is 0.0785. The van der Waals surface area contributed by atoms with Crippen LogP contribution in [0.5, 0.6) is 0 Å². The minimum Gasteiger partial charge on any atom is -0.314 e. The Morgan fingerprint density at radius 1 is 1.37 bits per heavy atom. The molecule has 0 spiro atoms. The number of nitrogens with zero attached hydrogens (tertiary/aromatic N) is 1. The summed E-state index contributed by atoms with van der Waals surface area (Å²) in [6.07, 6.45) is 0.592. The molecule has 1 fully saturated rings. The second-order valence-corrected chi connectivity index (χ2v) is 4.70. The summed E-state index contributed by atoms with van der Waals surface area (Å²) in [6.45, 7) is 5.02. The van der Waals surface area contributed by atoms with Gasteiger partial charge in [-0.1, -0.05) is 6.92 Å². The fourth-order valence-corrected chi connectivity index (χ4v) is 2.47. The van der Waals surface area contributed by atoms with Gasteiger partial charge < -0.3 is 5.32 Å². The van der Waals surface area contributed by atoms with E-state index in [0.717, 1.165) is 44.4 Å². The van der Waals surface area contributed by atoms with Gasteiger partial charge in [0.05, 0.1) is 11.6 Å². The van der Waals surface area contributed by atoms with Crippen molar-refractivity contribution in [2.75, 3.05) is 26.2 Å². The predicted octanol–water partition coefficient (Wildman–Crippen LogP) is 1.83. The standard InChI is InChI=1S/C14H18F2N2O/c1-2-13(18-7-5-17-6-8-18)14(19)11-9-10(15)3-4-12(11)16/h3-4,9,13,17H,2,5-8H2,1H3. The Balaban J connectivity index is 2.22. The normalized spacial score (nSPS) is 18.3. The second-order valence-electron chi connectivity index (χ2n) is 4.70. The van der Waals surface area contributed by atoms with Crippen molar-refractivity contribution in [3.8, 4) is 0 Å². The van der Waals surface area contributed by atoms with Gasteiger partial charge in [0, 0.05) is 26.2 Å². The van der Waals surface area contributed by atoms with E-state index in [-0.39, 0.29) is 17.4 Å². The molecule has 0 aliphatic carbocycles. The Morgan fingerprint density at radius 3 is 2.68 bits per heavy atom.